The first-order valence-electron chi connectivity index (χ1n) is 4.56. The Bertz CT molecular complexity index is 508. The minimum atomic E-state index is -1.48. The molecule has 15 heavy (non-hydrogen) atoms. The van der Waals surface area contributed by atoms with E-state index >= 15 is 0 Å². The summed E-state index contributed by atoms with van der Waals surface area (Å²) in [5.41, 5.74) is 1.03. The zero-order chi connectivity index (χ0) is 10.8. The molecule has 2 aromatic carbocycles. The predicted molar refractivity (Wildman–Crippen MR) is 59.2 cm³/mol. The summed E-state index contributed by atoms with van der Waals surface area (Å²) in [5, 5.41) is 19.6. The average Bonchev–Trinajstić information content (AvgIpc) is 2.27. The van der Waals surface area contributed by atoms with Crippen LogP contribution in [-0.4, -0.2) is 23.5 Å². The minimum Gasteiger partial charge on any atom is -0.423 e. The lowest BCUT2D eigenvalue weighted by Crippen LogP contribution is -2.29. The minimum absolute atomic E-state index is 0.422. The number of rotatable bonds is 2. The number of fused-ring (bicyclic) bond motifs is 1. The summed E-state index contributed by atoms with van der Waals surface area (Å²) in [7, 11) is -1.48. The molecule has 0 aliphatic rings. The van der Waals surface area contributed by atoms with Crippen LogP contribution in [0.4, 0.5) is 0 Å². The molecule has 2 aromatic rings. The molecule has 2 rings (SSSR count). The van der Waals surface area contributed by atoms with Crippen molar-refractivity contribution >= 4 is 29.6 Å². The molecule has 0 bridgehead atoms. The molecule has 0 amide bonds. The highest BCUT2D eigenvalue weighted by atomic mass is 16.4. The highest BCUT2D eigenvalue weighted by molar-refractivity contribution is 6.58. The van der Waals surface area contributed by atoms with Gasteiger partial charge in [-0.25, -0.2) is 0 Å². The van der Waals surface area contributed by atoms with E-state index in [9.17, 15) is 4.79 Å². The van der Waals surface area contributed by atoms with Crippen molar-refractivity contribution in [1.82, 2.24) is 0 Å². The van der Waals surface area contributed by atoms with Crippen molar-refractivity contribution in [3.63, 3.8) is 0 Å². The van der Waals surface area contributed by atoms with E-state index in [-0.39, 0.29) is 0 Å². The lowest BCUT2D eigenvalue weighted by Gasteiger charge is -2.03. The van der Waals surface area contributed by atoms with Gasteiger partial charge in [0, 0.05) is 5.56 Å². The molecule has 0 saturated heterocycles. The summed E-state index contributed by atoms with van der Waals surface area (Å²) in [6.45, 7) is 0. The van der Waals surface area contributed by atoms with Crippen LogP contribution in [-0.2, 0) is 0 Å². The molecule has 0 radical (unpaired) electrons. The van der Waals surface area contributed by atoms with E-state index in [0.29, 0.717) is 11.0 Å². The van der Waals surface area contributed by atoms with Crippen LogP contribution < -0.4 is 5.46 Å². The van der Waals surface area contributed by atoms with Gasteiger partial charge in [-0.15, -0.1) is 0 Å². The molecule has 0 spiro atoms. The second-order valence-corrected chi connectivity index (χ2v) is 3.32. The summed E-state index contributed by atoms with van der Waals surface area (Å²) in [6, 6.07) is 10.3. The van der Waals surface area contributed by atoms with Gasteiger partial charge in [-0.2, -0.15) is 0 Å². The first-order valence-corrected chi connectivity index (χ1v) is 4.56. The fourth-order valence-electron chi connectivity index (χ4n) is 1.59. The van der Waals surface area contributed by atoms with Crippen LogP contribution in [0.25, 0.3) is 10.8 Å². The quantitative estimate of drug-likeness (QED) is 0.542. The molecule has 0 heterocycles. The van der Waals surface area contributed by atoms with E-state index in [1.165, 1.54) is 0 Å². The summed E-state index contributed by atoms with van der Waals surface area (Å²) in [6.07, 6.45) is 0.789. The maximum absolute atomic E-state index is 10.7. The molecule has 0 aliphatic heterocycles. The number of carbonyl (C=O) groups excluding carboxylic acids is 1. The lowest BCUT2D eigenvalue weighted by atomic mass is 9.79. The summed E-state index contributed by atoms with van der Waals surface area (Å²) in [4.78, 5) is 10.7. The Morgan fingerprint density at radius 1 is 1.13 bits per heavy atom. The van der Waals surface area contributed by atoms with Gasteiger partial charge in [0.2, 0.25) is 0 Å². The number of carbonyl (C=O) groups is 1. The number of hydrogen-bond acceptors (Lipinski definition) is 3. The van der Waals surface area contributed by atoms with Gasteiger partial charge in [0.25, 0.3) is 0 Å². The number of benzene rings is 2. The molecule has 3 nitrogen and oxygen atoms in total. The van der Waals surface area contributed by atoms with Crippen LogP contribution in [0.1, 0.15) is 10.4 Å². The first kappa shape index (κ1) is 9.89. The van der Waals surface area contributed by atoms with Gasteiger partial charge in [0.1, 0.15) is 0 Å². The molecule has 0 fully saturated rings. The van der Waals surface area contributed by atoms with Crippen molar-refractivity contribution in [3.8, 4) is 0 Å². The fourth-order valence-corrected chi connectivity index (χ4v) is 1.59. The van der Waals surface area contributed by atoms with Crippen LogP contribution in [0, 0.1) is 0 Å². The van der Waals surface area contributed by atoms with Gasteiger partial charge in [0.05, 0.1) is 0 Å². The average molecular weight is 200 g/mol. The van der Waals surface area contributed by atoms with Gasteiger partial charge >= 0.3 is 7.12 Å². The zero-order valence-corrected chi connectivity index (χ0v) is 7.92. The van der Waals surface area contributed by atoms with Crippen LogP contribution in [0.2, 0.25) is 0 Å². The third-order valence-electron chi connectivity index (χ3n) is 2.36. The third kappa shape index (κ3) is 1.77. The monoisotopic (exact) mass is 200 g/mol. The molecule has 74 valence electrons. The van der Waals surface area contributed by atoms with Crippen LogP contribution in [0.15, 0.2) is 36.4 Å². The standard InChI is InChI=1S/C11H9BO3/c13-7-9-3-1-2-8-6-10(12(14)15)4-5-11(8)9/h1-7,14-15H. The zero-order valence-electron chi connectivity index (χ0n) is 7.92. The third-order valence-corrected chi connectivity index (χ3v) is 2.36. The molecule has 4 heteroatoms. The van der Waals surface area contributed by atoms with E-state index in [0.717, 1.165) is 17.1 Å². The highest BCUT2D eigenvalue weighted by Gasteiger charge is 2.11. The second-order valence-electron chi connectivity index (χ2n) is 3.32. The Kier molecular flexibility index (Phi) is 2.54. The SMILES string of the molecule is O=Cc1cccc2cc(B(O)O)ccc12. The van der Waals surface area contributed by atoms with Crippen LogP contribution in [0.3, 0.4) is 0 Å². The maximum Gasteiger partial charge on any atom is 0.488 e. The van der Waals surface area contributed by atoms with Gasteiger partial charge in [0.15, 0.2) is 6.29 Å². The van der Waals surface area contributed by atoms with Crippen molar-refractivity contribution in [1.29, 1.82) is 0 Å². The Morgan fingerprint density at radius 2 is 1.93 bits per heavy atom. The van der Waals surface area contributed by atoms with E-state index < -0.39 is 7.12 Å². The predicted octanol–water partition coefficient (Wildman–Crippen LogP) is 0.332. The smallest absolute Gasteiger partial charge is 0.423 e. The first-order chi connectivity index (χ1) is 7.22. The van der Waals surface area contributed by atoms with Crippen molar-refractivity contribution in [2.24, 2.45) is 0 Å². The molecular formula is C11H9BO3. The van der Waals surface area contributed by atoms with Gasteiger partial charge in [-0.3, -0.25) is 4.79 Å². The Hall–Kier alpha value is -1.65. The Labute approximate surface area is 87.1 Å². The van der Waals surface area contributed by atoms with Gasteiger partial charge < -0.3 is 10.0 Å². The molecule has 2 N–H and O–H groups in total. The van der Waals surface area contributed by atoms with E-state index in [1.807, 2.05) is 6.07 Å². The van der Waals surface area contributed by atoms with Crippen molar-refractivity contribution in [2.45, 2.75) is 0 Å². The summed E-state index contributed by atoms with van der Waals surface area (Å²) < 4.78 is 0. The fraction of sp³-hybridized carbons (Fsp3) is 0. The molecule has 0 aromatic heterocycles. The molecular weight excluding hydrogens is 191 g/mol. The van der Waals surface area contributed by atoms with Crippen molar-refractivity contribution in [2.75, 3.05) is 0 Å². The lowest BCUT2D eigenvalue weighted by molar-refractivity contribution is 0.112. The Morgan fingerprint density at radius 3 is 2.60 bits per heavy atom. The van der Waals surface area contributed by atoms with E-state index in [2.05, 4.69) is 0 Å². The van der Waals surface area contributed by atoms with E-state index in [1.54, 1.807) is 30.3 Å². The Balaban J connectivity index is 2.69. The molecule has 0 saturated carbocycles. The maximum atomic E-state index is 10.7. The largest absolute Gasteiger partial charge is 0.488 e. The van der Waals surface area contributed by atoms with Crippen molar-refractivity contribution < 1.29 is 14.8 Å². The molecule has 0 aliphatic carbocycles. The number of hydrogen-bond donors (Lipinski definition) is 2. The number of aldehydes is 1. The van der Waals surface area contributed by atoms with Gasteiger partial charge in [-0.1, -0.05) is 36.4 Å². The summed E-state index contributed by atoms with van der Waals surface area (Å²) >= 11 is 0. The molecule has 0 unspecified atom stereocenters. The van der Waals surface area contributed by atoms with Gasteiger partial charge in [-0.05, 0) is 16.2 Å². The normalized spacial score (nSPS) is 10.3. The van der Waals surface area contributed by atoms with Crippen LogP contribution >= 0.6 is 0 Å². The van der Waals surface area contributed by atoms with E-state index in [4.69, 9.17) is 10.0 Å². The van der Waals surface area contributed by atoms with Crippen LogP contribution in [0.5, 0.6) is 0 Å². The molecule has 0 atom stereocenters. The topological polar surface area (TPSA) is 57.5 Å². The van der Waals surface area contributed by atoms with Crippen molar-refractivity contribution in [3.05, 3.63) is 42.0 Å². The second kappa shape index (κ2) is 3.84. The summed E-state index contributed by atoms with van der Waals surface area (Å²) in [5.74, 6) is 0. The highest BCUT2D eigenvalue weighted by Crippen LogP contribution is 2.15.